The molecule has 0 aromatic carbocycles. The molecule has 1 aliphatic heterocycles. The molecule has 19 heavy (non-hydrogen) atoms. The van der Waals surface area contributed by atoms with Gasteiger partial charge in [0.2, 0.25) is 0 Å². The summed E-state index contributed by atoms with van der Waals surface area (Å²) in [6.45, 7) is 12.4. The van der Waals surface area contributed by atoms with Crippen molar-refractivity contribution >= 4 is 0 Å². The maximum atomic E-state index is 5.47. The number of nitrogens with one attached hydrogen (secondary N) is 1. The van der Waals surface area contributed by atoms with E-state index in [4.69, 9.17) is 4.74 Å². The Morgan fingerprint density at radius 3 is 2.53 bits per heavy atom. The first-order valence-corrected chi connectivity index (χ1v) is 8.12. The van der Waals surface area contributed by atoms with Gasteiger partial charge in [-0.3, -0.25) is 4.90 Å². The molecule has 3 unspecified atom stereocenters. The summed E-state index contributed by atoms with van der Waals surface area (Å²) in [5.41, 5.74) is 0. The summed E-state index contributed by atoms with van der Waals surface area (Å²) in [5, 5.41) is 3.74. The molecule has 1 aliphatic rings. The molecule has 1 saturated heterocycles. The van der Waals surface area contributed by atoms with Crippen LogP contribution in [0.2, 0.25) is 0 Å². The minimum atomic E-state index is 0.587. The highest BCUT2D eigenvalue weighted by molar-refractivity contribution is 4.91. The Morgan fingerprint density at radius 2 is 2.00 bits per heavy atom. The number of piperazine rings is 1. The average molecular weight is 270 g/mol. The average Bonchev–Trinajstić information content (AvgIpc) is 2.38. The van der Waals surface area contributed by atoms with E-state index >= 15 is 0 Å². The third kappa shape index (κ3) is 5.05. The number of hydrogen-bond donors (Lipinski definition) is 1. The predicted octanol–water partition coefficient (Wildman–Crippen LogP) is 2.90. The second-order valence-electron chi connectivity index (χ2n) is 6.30. The van der Waals surface area contributed by atoms with Crippen molar-refractivity contribution in [1.82, 2.24) is 10.2 Å². The Morgan fingerprint density at radius 1 is 1.26 bits per heavy atom. The van der Waals surface area contributed by atoms with Crippen LogP contribution >= 0.6 is 0 Å². The standard InChI is InChI=1S/C16H34N2O/c1-6-8-14-11-18(15(9-7-2)12-19-5)16(10-17-14)13(3)4/h13-17H,6-12H2,1-5H3. The lowest BCUT2D eigenvalue weighted by molar-refractivity contribution is 0.0117. The quantitative estimate of drug-likeness (QED) is 0.734. The third-order valence-corrected chi connectivity index (χ3v) is 4.33. The summed E-state index contributed by atoms with van der Waals surface area (Å²) < 4.78 is 5.47. The van der Waals surface area contributed by atoms with Gasteiger partial charge in [-0.15, -0.1) is 0 Å². The SMILES string of the molecule is CCCC1CN(C(CCC)COC)C(C(C)C)CN1. The first-order valence-electron chi connectivity index (χ1n) is 8.12. The molecule has 3 atom stereocenters. The van der Waals surface area contributed by atoms with E-state index in [-0.39, 0.29) is 0 Å². The summed E-state index contributed by atoms with van der Waals surface area (Å²) in [7, 11) is 1.83. The highest BCUT2D eigenvalue weighted by Crippen LogP contribution is 2.22. The Hall–Kier alpha value is -0.120. The molecule has 3 heteroatoms. The van der Waals surface area contributed by atoms with E-state index in [1.54, 1.807) is 0 Å². The monoisotopic (exact) mass is 270 g/mol. The van der Waals surface area contributed by atoms with E-state index in [9.17, 15) is 0 Å². The maximum absolute atomic E-state index is 5.47. The number of nitrogens with zero attached hydrogens (tertiary/aromatic N) is 1. The number of rotatable bonds is 8. The molecular weight excluding hydrogens is 236 g/mol. The summed E-state index contributed by atoms with van der Waals surface area (Å²) in [5.74, 6) is 0.700. The molecular formula is C16H34N2O. The van der Waals surface area contributed by atoms with Crippen molar-refractivity contribution in [3.05, 3.63) is 0 Å². The molecule has 1 rings (SSSR count). The van der Waals surface area contributed by atoms with Crippen LogP contribution in [0.5, 0.6) is 0 Å². The van der Waals surface area contributed by atoms with Crippen molar-refractivity contribution in [1.29, 1.82) is 0 Å². The minimum absolute atomic E-state index is 0.587. The van der Waals surface area contributed by atoms with E-state index in [2.05, 4.69) is 37.9 Å². The van der Waals surface area contributed by atoms with Crippen molar-refractivity contribution in [2.45, 2.75) is 71.5 Å². The van der Waals surface area contributed by atoms with Gasteiger partial charge >= 0.3 is 0 Å². The Balaban J connectivity index is 2.73. The zero-order valence-electron chi connectivity index (χ0n) is 13.6. The van der Waals surface area contributed by atoms with E-state index in [1.807, 2.05) is 7.11 Å². The van der Waals surface area contributed by atoms with Crippen LogP contribution in [0.1, 0.15) is 53.4 Å². The van der Waals surface area contributed by atoms with E-state index in [0.29, 0.717) is 24.0 Å². The molecule has 0 amide bonds. The van der Waals surface area contributed by atoms with Crippen LogP contribution in [0.4, 0.5) is 0 Å². The van der Waals surface area contributed by atoms with Crippen LogP contribution in [-0.4, -0.2) is 49.8 Å². The Labute approximate surface area is 120 Å². The zero-order chi connectivity index (χ0) is 14.3. The van der Waals surface area contributed by atoms with Gasteiger partial charge in [-0.05, 0) is 18.8 Å². The molecule has 1 N–H and O–H groups in total. The zero-order valence-corrected chi connectivity index (χ0v) is 13.6. The summed E-state index contributed by atoms with van der Waals surface area (Å²) in [4.78, 5) is 2.73. The fourth-order valence-corrected chi connectivity index (χ4v) is 3.31. The topological polar surface area (TPSA) is 24.5 Å². The lowest BCUT2D eigenvalue weighted by Crippen LogP contribution is -2.61. The van der Waals surface area contributed by atoms with Crippen molar-refractivity contribution in [3.63, 3.8) is 0 Å². The molecule has 0 aliphatic carbocycles. The highest BCUT2D eigenvalue weighted by atomic mass is 16.5. The number of methoxy groups -OCH3 is 1. The lowest BCUT2D eigenvalue weighted by atomic mass is 9.94. The largest absolute Gasteiger partial charge is 0.383 e. The van der Waals surface area contributed by atoms with Gasteiger partial charge in [0.15, 0.2) is 0 Å². The van der Waals surface area contributed by atoms with Gasteiger partial charge < -0.3 is 10.1 Å². The molecule has 0 spiro atoms. The summed E-state index contributed by atoms with van der Waals surface area (Å²) >= 11 is 0. The number of ether oxygens (including phenoxy) is 1. The van der Waals surface area contributed by atoms with Crippen LogP contribution in [0.25, 0.3) is 0 Å². The third-order valence-electron chi connectivity index (χ3n) is 4.33. The second kappa shape index (κ2) is 8.93. The minimum Gasteiger partial charge on any atom is -0.383 e. The normalized spacial score (nSPS) is 26.8. The lowest BCUT2D eigenvalue weighted by Gasteiger charge is -2.46. The first-order chi connectivity index (χ1) is 9.13. The smallest absolute Gasteiger partial charge is 0.0618 e. The molecule has 0 bridgehead atoms. The van der Waals surface area contributed by atoms with Gasteiger partial charge in [-0.2, -0.15) is 0 Å². The van der Waals surface area contributed by atoms with Gasteiger partial charge in [0.1, 0.15) is 0 Å². The van der Waals surface area contributed by atoms with E-state index < -0.39 is 0 Å². The van der Waals surface area contributed by atoms with Crippen molar-refractivity contribution in [2.24, 2.45) is 5.92 Å². The Kier molecular flexibility index (Phi) is 7.96. The van der Waals surface area contributed by atoms with Crippen LogP contribution in [0, 0.1) is 5.92 Å². The number of hydrogen-bond acceptors (Lipinski definition) is 3. The van der Waals surface area contributed by atoms with Crippen molar-refractivity contribution in [2.75, 3.05) is 26.8 Å². The van der Waals surface area contributed by atoms with Crippen LogP contribution < -0.4 is 5.32 Å². The molecule has 1 fully saturated rings. The van der Waals surface area contributed by atoms with Gasteiger partial charge in [-0.25, -0.2) is 0 Å². The van der Waals surface area contributed by atoms with Crippen molar-refractivity contribution < 1.29 is 4.74 Å². The molecule has 3 nitrogen and oxygen atoms in total. The molecule has 0 aromatic heterocycles. The van der Waals surface area contributed by atoms with Crippen molar-refractivity contribution in [3.8, 4) is 0 Å². The summed E-state index contributed by atoms with van der Waals surface area (Å²) in [6.07, 6.45) is 5.03. The predicted molar refractivity (Wildman–Crippen MR) is 82.6 cm³/mol. The Bertz CT molecular complexity index is 227. The first kappa shape index (κ1) is 16.9. The van der Waals surface area contributed by atoms with E-state index in [1.165, 1.54) is 32.2 Å². The van der Waals surface area contributed by atoms with E-state index in [0.717, 1.165) is 13.2 Å². The van der Waals surface area contributed by atoms with Crippen LogP contribution in [0.3, 0.4) is 0 Å². The molecule has 114 valence electrons. The molecule has 1 heterocycles. The van der Waals surface area contributed by atoms with Crippen LogP contribution in [-0.2, 0) is 4.74 Å². The van der Waals surface area contributed by atoms with Crippen LogP contribution in [0.15, 0.2) is 0 Å². The molecule has 0 saturated carbocycles. The molecule has 0 aromatic rings. The van der Waals surface area contributed by atoms with Gasteiger partial charge in [0.05, 0.1) is 6.61 Å². The van der Waals surface area contributed by atoms with Gasteiger partial charge in [0.25, 0.3) is 0 Å². The summed E-state index contributed by atoms with van der Waals surface area (Å²) in [6, 6.07) is 1.90. The second-order valence-corrected chi connectivity index (χ2v) is 6.30. The maximum Gasteiger partial charge on any atom is 0.0618 e. The molecule has 0 radical (unpaired) electrons. The fraction of sp³-hybridized carbons (Fsp3) is 1.00. The highest BCUT2D eigenvalue weighted by Gasteiger charge is 2.33. The van der Waals surface area contributed by atoms with Gasteiger partial charge in [0, 0.05) is 38.3 Å². The fourth-order valence-electron chi connectivity index (χ4n) is 3.31. The van der Waals surface area contributed by atoms with Gasteiger partial charge in [-0.1, -0.05) is 40.5 Å².